The molecule has 2 aromatic rings. The second-order valence-corrected chi connectivity index (χ2v) is 6.54. The molecule has 5 heteroatoms. The minimum absolute atomic E-state index is 0.00151. The van der Waals surface area contributed by atoms with E-state index in [-0.39, 0.29) is 12.2 Å². The van der Waals surface area contributed by atoms with Gasteiger partial charge >= 0.3 is 5.97 Å². The lowest BCUT2D eigenvalue weighted by atomic mass is 10.1. The van der Waals surface area contributed by atoms with E-state index in [0.717, 1.165) is 53.8 Å². The van der Waals surface area contributed by atoms with E-state index in [1.807, 2.05) is 31.2 Å². The van der Waals surface area contributed by atoms with Crippen molar-refractivity contribution in [2.75, 3.05) is 24.6 Å². The highest BCUT2D eigenvalue weighted by Crippen LogP contribution is 2.28. The number of hydrogen-bond donors (Lipinski definition) is 0. The van der Waals surface area contributed by atoms with Gasteiger partial charge in [-0.3, -0.25) is 0 Å². The van der Waals surface area contributed by atoms with E-state index < -0.39 is 5.97 Å². The predicted octanol–water partition coefficient (Wildman–Crippen LogP) is 4.00. The smallest absolute Gasteiger partial charge is 0.348 e. The van der Waals surface area contributed by atoms with Crippen LogP contribution in [0.3, 0.4) is 0 Å². The lowest BCUT2D eigenvalue weighted by Crippen LogP contribution is -2.30. The molecule has 134 valence electrons. The Morgan fingerprint density at radius 2 is 2.08 bits per heavy atom. The summed E-state index contributed by atoms with van der Waals surface area (Å²) in [5.41, 5.74) is 2.87. The molecule has 0 N–H and O–H groups in total. The van der Waals surface area contributed by atoms with Crippen molar-refractivity contribution < 1.29 is 9.53 Å². The Morgan fingerprint density at radius 3 is 2.77 bits per heavy atom. The molecule has 1 aromatic heterocycles. The number of rotatable bonds is 4. The maximum Gasteiger partial charge on any atom is 0.348 e. The van der Waals surface area contributed by atoms with E-state index in [1.54, 1.807) is 13.0 Å². The van der Waals surface area contributed by atoms with Gasteiger partial charge in [-0.25, -0.2) is 9.78 Å². The quantitative estimate of drug-likeness (QED) is 0.474. The third-order valence-corrected chi connectivity index (χ3v) is 4.55. The van der Waals surface area contributed by atoms with Gasteiger partial charge in [-0.05, 0) is 56.9 Å². The molecule has 0 unspecified atom stereocenters. The van der Waals surface area contributed by atoms with Crippen LogP contribution in [0, 0.1) is 18.3 Å². The number of hydrogen-bond acceptors (Lipinski definition) is 5. The molecule has 5 nitrogen and oxygen atoms in total. The van der Waals surface area contributed by atoms with E-state index in [2.05, 4.69) is 11.0 Å². The van der Waals surface area contributed by atoms with Gasteiger partial charge in [0.25, 0.3) is 0 Å². The van der Waals surface area contributed by atoms with Crippen LogP contribution in [0.2, 0.25) is 0 Å². The van der Waals surface area contributed by atoms with Crippen LogP contribution in [-0.4, -0.2) is 30.6 Å². The Morgan fingerprint density at radius 1 is 1.31 bits per heavy atom. The zero-order valence-electron chi connectivity index (χ0n) is 15.3. The monoisotopic (exact) mass is 349 g/mol. The fraction of sp³-hybridized carbons (Fsp3) is 0.381. The second kappa shape index (κ2) is 8.01. The largest absolute Gasteiger partial charge is 0.462 e. The van der Waals surface area contributed by atoms with Crippen molar-refractivity contribution in [3.8, 4) is 6.07 Å². The topological polar surface area (TPSA) is 66.2 Å². The summed E-state index contributed by atoms with van der Waals surface area (Å²) in [7, 11) is 0. The number of aromatic nitrogens is 1. The Bertz CT molecular complexity index is 890. The molecule has 1 fully saturated rings. The van der Waals surface area contributed by atoms with Gasteiger partial charge in [-0.2, -0.15) is 5.26 Å². The maximum absolute atomic E-state index is 12.0. The number of nitriles is 1. The van der Waals surface area contributed by atoms with E-state index >= 15 is 0 Å². The van der Waals surface area contributed by atoms with Crippen LogP contribution in [0.1, 0.15) is 37.3 Å². The average molecular weight is 349 g/mol. The lowest BCUT2D eigenvalue weighted by Gasteiger charge is -2.29. The number of anilines is 1. The highest BCUT2D eigenvalue weighted by atomic mass is 16.5. The second-order valence-electron chi connectivity index (χ2n) is 6.54. The van der Waals surface area contributed by atoms with E-state index in [9.17, 15) is 10.1 Å². The van der Waals surface area contributed by atoms with Crippen LogP contribution in [0.15, 0.2) is 29.8 Å². The zero-order chi connectivity index (χ0) is 18.5. The molecule has 0 radical (unpaired) electrons. The number of benzene rings is 1. The molecule has 26 heavy (non-hydrogen) atoms. The number of piperidine rings is 1. The van der Waals surface area contributed by atoms with Crippen LogP contribution < -0.4 is 4.90 Å². The van der Waals surface area contributed by atoms with Gasteiger partial charge in [0.2, 0.25) is 0 Å². The summed E-state index contributed by atoms with van der Waals surface area (Å²) in [4.78, 5) is 19.1. The molecule has 0 amide bonds. The summed E-state index contributed by atoms with van der Waals surface area (Å²) >= 11 is 0. The third-order valence-electron chi connectivity index (χ3n) is 4.55. The van der Waals surface area contributed by atoms with Gasteiger partial charge in [-0.1, -0.05) is 12.1 Å². The number of ether oxygens (including phenoxy) is 1. The van der Waals surface area contributed by atoms with Crippen LogP contribution in [-0.2, 0) is 9.53 Å². The summed E-state index contributed by atoms with van der Waals surface area (Å²) in [6.45, 7) is 5.89. The van der Waals surface area contributed by atoms with Crippen LogP contribution in [0.5, 0.6) is 0 Å². The van der Waals surface area contributed by atoms with Gasteiger partial charge in [-0.15, -0.1) is 0 Å². The highest BCUT2D eigenvalue weighted by Gasteiger charge is 2.18. The van der Waals surface area contributed by atoms with Crippen molar-refractivity contribution in [2.45, 2.75) is 33.1 Å². The molecule has 0 bridgehead atoms. The minimum atomic E-state index is -0.594. The zero-order valence-corrected chi connectivity index (χ0v) is 15.3. The summed E-state index contributed by atoms with van der Waals surface area (Å²) < 4.78 is 4.99. The van der Waals surface area contributed by atoms with Crippen molar-refractivity contribution >= 4 is 28.8 Å². The summed E-state index contributed by atoms with van der Waals surface area (Å²) in [6, 6.07) is 10.1. The average Bonchev–Trinajstić information content (AvgIpc) is 2.66. The Kier molecular flexibility index (Phi) is 5.52. The number of fused-ring (bicyclic) bond motifs is 1. The van der Waals surface area contributed by atoms with Crippen LogP contribution in [0.25, 0.3) is 17.0 Å². The summed E-state index contributed by atoms with van der Waals surface area (Å²) in [6.07, 6.45) is 5.08. The first-order chi connectivity index (χ1) is 12.6. The van der Waals surface area contributed by atoms with Crippen LogP contribution >= 0.6 is 0 Å². The number of pyridine rings is 1. The number of carbonyl (C=O) groups excluding carboxylic acids is 1. The Balaban J connectivity index is 2.13. The molecule has 0 saturated carbocycles. The van der Waals surface area contributed by atoms with Crippen LogP contribution in [0.4, 0.5) is 5.82 Å². The Hall–Kier alpha value is -2.87. The summed E-state index contributed by atoms with van der Waals surface area (Å²) in [5.74, 6) is 0.239. The van der Waals surface area contributed by atoms with E-state index in [0.29, 0.717) is 0 Å². The standard InChI is InChI=1S/C21H23N3O2/c1-3-26-21(25)18(14-22)13-17-12-16-8-7-15(2)11-19(16)23-20(17)24-9-5-4-6-10-24/h7-8,11-13H,3-6,9-10H2,1-2H3/b18-13-. The first-order valence-electron chi connectivity index (χ1n) is 9.07. The van der Waals surface area contributed by atoms with Crippen molar-refractivity contribution in [3.63, 3.8) is 0 Å². The van der Waals surface area contributed by atoms with Gasteiger partial charge in [0.05, 0.1) is 12.1 Å². The third kappa shape index (κ3) is 3.85. The molecule has 0 aliphatic carbocycles. The molecule has 0 atom stereocenters. The summed E-state index contributed by atoms with van der Waals surface area (Å²) in [5, 5.41) is 10.4. The van der Waals surface area contributed by atoms with E-state index in [1.165, 1.54) is 6.42 Å². The molecule has 3 rings (SSSR count). The number of nitrogens with zero attached hydrogens (tertiary/aromatic N) is 3. The van der Waals surface area contributed by atoms with Gasteiger partial charge < -0.3 is 9.64 Å². The molecule has 0 spiro atoms. The molecular weight excluding hydrogens is 326 g/mol. The fourth-order valence-electron chi connectivity index (χ4n) is 3.25. The number of aryl methyl sites for hydroxylation is 1. The van der Waals surface area contributed by atoms with Gasteiger partial charge in [0.15, 0.2) is 0 Å². The molecular formula is C21H23N3O2. The molecule has 1 aromatic carbocycles. The van der Waals surface area contributed by atoms with Gasteiger partial charge in [0, 0.05) is 24.0 Å². The minimum Gasteiger partial charge on any atom is -0.462 e. The molecule has 1 saturated heterocycles. The predicted molar refractivity (Wildman–Crippen MR) is 103 cm³/mol. The van der Waals surface area contributed by atoms with Crippen molar-refractivity contribution in [3.05, 3.63) is 41.0 Å². The number of esters is 1. The normalized spacial score (nSPS) is 15.0. The molecule has 1 aliphatic rings. The molecule has 2 heterocycles. The van der Waals surface area contributed by atoms with Crippen molar-refractivity contribution in [2.24, 2.45) is 0 Å². The Labute approximate surface area is 153 Å². The first kappa shape index (κ1) is 17.9. The van der Waals surface area contributed by atoms with Crippen molar-refractivity contribution in [1.29, 1.82) is 5.26 Å². The highest BCUT2D eigenvalue weighted by molar-refractivity contribution is 5.99. The lowest BCUT2D eigenvalue weighted by molar-refractivity contribution is -0.137. The van der Waals surface area contributed by atoms with Crippen molar-refractivity contribution in [1.82, 2.24) is 4.98 Å². The maximum atomic E-state index is 12.0. The first-order valence-corrected chi connectivity index (χ1v) is 9.07. The van der Waals surface area contributed by atoms with Gasteiger partial charge in [0.1, 0.15) is 17.5 Å². The molecule has 1 aliphatic heterocycles. The SMILES string of the molecule is CCOC(=O)/C(C#N)=C\c1cc2ccc(C)cc2nc1N1CCCCC1. The number of carbonyl (C=O) groups is 1. The van der Waals surface area contributed by atoms with E-state index in [4.69, 9.17) is 9.72 Å². The fourth-order valence-corrected chi connectivity index (χ4v) is 3.25.